The minimum absolute atomic E-state index is 0.00814. The Balaban J connectivity index is 2.80. The molecule has 0 saturated carbocycles. The molecule has 1 aromatic rings. The number of amides is 2. The number of nitrogens with one attached hydrogen (secondary N) is 2. The van der Waals surface area contributed by atoms with Crippen LogP contribution in [0.4, 0.5) is 4.39 Å². The fourth-order valence-corrected chi connectivity index (χ4v) is 1.59. The summed E-state index contributed by atoms with van der Waals surface area (Å²) >= 11 is 0. The molecule has 1 rings (SSSR count). The molecule has 1 aromatic carbocycles. The van der Waals surface area contributed by atoms with Gasteiger partial charge in [-0.15, -0.1) is 0 Å². The van der Waals surface area contributed by atoms with Gasteiger partial charge in [0.25, 0.3) is 5.91 Å². The van der Waals surface area contributed by atoms with Crippen LogP contribution in [-0.2, 0) is 4.79 Å². The number of halogens is 1. The highest BCUT2D eigenvalue weighted by atomic mass is 19.1. The number of benzene rings is 1. The van der Waals surface area contributed by atoms with Crippen LogP contribution in [0, 0.1) is 17.7 Å². The predicted molar refractivity (Wildman–Crippen MR) is 77.9 cm³/mol. The van der Waals surface area contributed by atoms with Crippen LogP contribution in [0.3, 0.4) is 0 Å². The number of hydrogen-bond acceptors (Lipinski definition) is 3. The fourth-order valence-electron chi connectivity index (χ4n) is 1.59. The molecule has 4 N–H and O–H groups in total. The highest BCUT2D eigenvalue weighted by Gasteiger charge is 2.12. The maximum Gasteiger partial charge on any atom is 0.252 e. The Morgan fingerprint density at radius 3 is 2.71 bits per heavy atom. The van der Waals surface area contributed by atoms with Crippen molar-refractivity contribution in [1.82, 2.24) is 10.6 Å². The van der Waals surface area contributed by atoms with Gasteiger partial charge >= 0.3 is 0 Å². The van der Waals surface area contributed by atoms with Crippen LogP contribution in [0.5, 0.6) is 0 Å². The van der Waals surface area contributed by atoms with E-state index in [0.717, 1.165) is 12.1 Å². The summed E-state index contributed by atoms with van der Waals surface area (Å²) in [6.07, 6.45) is 0. The molecule has 21 heavy (non-hydrogen) atoms. The molecule has 2 amide bonds. The Hall–Kier alpha value is -2.39. The maximum atomic E-state index is 13.2. The SMILES string of the molecule is CC(C)NC(=O)CNC(=O)c1ccc(F)cc1C#CCN. The lowest BCUT2D eigenvalue weighted by Crippen LogP contribution is -2.40. The summed E-state index contributed by atoms with van der Waals surface area (Å²) < 4.78 is 13.2. The smallest absolute Gasteiger partial charge is 0.252 e. The van der Waals surface area contributed by atoms with Gasteiger partial charge in [-0.2, -0.15) is 0 Å². The third-order valence-electron chi connectivity index (χ3n) is 2.41. The van der Waals surface area contributed by atoms with E-state index in [1.165, 1.54) is 6.07 Å². The van der Waals surface area contributed by atoms with E-state index in [9.17, 15) is 14.0 Å². The first-order valence-electron chi connectivity index (χ1n) is 6.50. The highest BCUT2D eigenvalue weighted by molar-refractivity contribution is 5.98. The molecule has 0 bridgehead atoms. The van der Waals surface area contributed by atoms with E-state index in [1.807, 2.05) is 13.8 Å². The normalized spacial score (nSPS) is 9.76. The van der Waals surface area contributed by atoms with Gasteiger partial charge in [0, 0.05) is 11.6 Å². The van der Waals surface area contributed by atoms with Crippen molar-refractivity contribution in [2.24, 2.45) is 5.73 Å². The molecule has 5 nitrogen and oxygen atoms in total. The van der Waals surface area contributed by atoms with Crippen molar-refractivity contribution in [1.29, 1.82) is 0 Å². The average molecular weight is 291 g/mol. The van der Waals surface area contributed by atoms with Gasteiger partial charge in [-0.1, -0.05) is 11.8 Å². The summed E-state index contributed by atoms with van der Waals surface area (Å²) in [4.78, 5) is 23.5. The van der Waals surface area contributed by atoms with E-state index < -0.39 is 11.7 Å². The second-order valence-corrected chi connectivity index (χ2v) is 4.60. The lowest BCUT2D eigenvalue weighted by molar-refractivity contribution is -0.120. The van der Waals surface area contributed by atoms with E-state index in [4.69, 9.17) is 5.73 Å². The molecule has 112 valence electrons. The van der Waals surface area contributed by atoms with Gasteiger partial charge in [0.05, 0.1) is 18.7 Å². The number of carbonyl (C=O) groups excluding carboxylic acids is 2. The zero-order valence-electron chi connectivity index (χ0n) is 12.0. The summed E-state index contributed by atoms with van der Waals surface area (Å²) in [5.74, 6) is 3.93. The third-order valence-corrected chi connectivity index (χ3v) is 2.41. The molecule has 0 saturated heterocycles. The van der Waals surface area contributed by atoms with Crippen LogP contribution < -0.4 is 16.4 Å². The van der Waals surface area contributed by atoms with Crippen LogP contribution in [0.2, 0.25) is 0 Å². The largest absolute Gasteiger partial charge is 0.352 e. The van der Waals surface area contributed by atoms with Crippen LogP contribution in [0.25, 0.3) is 0 Å². The molecule has 0 aliphatic heterocycles. The van der Waals surface area contributed by atoms with Crippen LogP contribution in [0.1, 0.15) is 29.8 Å². The standard InChI is InChI=1S/C15H18FN3O2/c1-10(2)19-14(20)9-18-15(21)13-6-5-12(16)8-11(13)4-3-7-17/h5-6,8,10H,7,9,17H2,1-2H3,(H,18,21)(H,19,20). The molecule has 0 aliphatic rings. The maximum absolute atomic E-state index is 13.2. The Morgan fingerprint density at radius 2 is 2.10 bits per heavy atom. The molecular formula is C15H18FN3O2. The molecular weight excluding hydrogens is 273 g/mol. The van der Waals surface area contributed by atoms with Crippen molar-refractivity contribution >= 4 is 11.8 Å². The Kier molecular flexibility index (Phi) is 6.37. The third kappa shape index (κ3) is 5.63. The lowest BCUT2D eigenvalue weighted by Gasteiger charge is -2.10. The van der Waals surface area contributed by atoms with Gasteiger partial charge in [-0.3, -0.25) is 9.59 Å². The Morgan fingerprint density at radius 1 is 1.38 bits per heavy atom. The quantitative estimate of drug-likeness (QED) is 0.702. The Labute approximate surface area is 123 Å². The summed E-state index contributed by atoms with van der Waals surface area (Å²) in [6, 6.07) is 3.64. The molecule has 0 heterocycles. The van der Waals surface area contributed by atoms with E-state index >= 15 is 0 Å². The minimum Gasteiger partial charge on any atom is -0.352 e. The van der Waals surface area contributed by atoms with Crippen molar-refractivity contribution in [2.75, 3.05) is 13.1 Å². The van der Waals surface area contributed by atoms with Crippen molar-refractivity contribution in [3.8, 4) is 11.8 Å². The first kappa shape index (κ1) is 16.7. The predicted octanol–water partition coefficient (Wildman–Crippen LogP) is 0.390. The molecule has 0 radical (unpaired) electrons. The number of hydrogen-bond donors (Lipinski definition) is 3. The van der Waals surface area contributed by atoms with Gasteiger partial charge in [0.15, 0.2) is 0 Å². The highest BCUT2D eigenvalue weighted by Crippen LogP contribution is 2.10. The minimum atomic E-state index is -0.495. The molecule has 0 aliphatic carbocycles. The summed E-state index contributed by atoms with van der Waals surface area (Å²) in [6.45, 7) is 3.59. The van der Waals surface area contributed by atoms with Gasteiger partial charge in [0.2, 0.25) is 5.91 Å². The van der Waals surface area contributed by atoms with E-state index in [2.05, 4.69) is 22.5 Å². The number of nitrogens with two attached hydrogens (primary N) is 1. The molecule has 0 fully saturated rings. The van der Waals surface area contributed by atoms with Crippen molar-refractivity contribution in [3.63, 3.8) is 0 Å². The average Bonchev–Trinajstić information content (AvgIpc) is 2.42. The molecule has 0 unspecified atom stereocenters. The van der Waals surface area contributed by atoms with Crippen molar-refractivity contribution < 1.29 is 14.0 Å². The van der Waals surface area contributed by atoms with Crippen LogP contribution in [-0.4, -0.2) is 30.9 Å². The molecule has 0 aromatic heterocycles. The van der Waals surface area contributed by atoms with E-state index in [0.29, 0.717) is 0 Å². The summed E-state index contributed by atoms with van der Waals surface area (Å²) in [7, 11) is 0. The first-order valence-corrected chi connectivity index (χ1v) is 6.50. The monoisotopic (exact) mass is 291 g/mol. The van der Waals surface area contributed by atoms with Gasteiger partial charge in [-0.05, 0) is 32.0 Å². The second-order valence-electron chi connectivity index (χ2n) is 4.60. The topological polar surface area (TPSA) is 84.2 Å². The zero-order valence-corrected chi connectivity index (χ0v) is 12.0. The Bertz CT molecular complexity index is 588. The summed E-state index contributed by atoms with van der Waals surface area (Å²) in [5.41, 5.74) is 5.71. The van der Waals surface area contributed by atoms with Crippen LogP contribution >= 0.6 is 0 Å². The van der Waals surface area contributed by atoms with Crippen molar-refractivity contribution in [3.05, 3.63) is 35.1 Å². The first-order chi connectivity index (χ1) is 9.93. The van der Waals surface area contributed by atoms with Gasteiger partial charge in [-0.25, -0.2) is 4.39 Å². The zero-order chi connectivity index (χ0) is 15.8. The number of rotatable bonds is 4. The van der Waals surface area contributed by atoms with E-state index in [-0.39, 0.29) is 36.2 Å². The number of carbonyl (C=O) groups is 2. The summed E-state index contributed by atoms with van der Waals surface area (Å²) in [5, 5.41) is 5.12. The molecule has 0 spiro atoms. The molecule has 0 atom stereocenters. The lowest BCUT2D eigenvalue weighted by atomic mass is 10.1. The van der Waals surface area contributed by atoms with Crippen LogP contribution in [0.15, 0.2) is 18.2 Å². The second kappa shape index (κ2) is 8.02. The van der Waals surface area contributed by atoms with Crippen molar-refractivity contribution in [2.45, 2.75) is 19.9 Å². The molecule has 6 heteroatoms. The van der Waals surface area contributed by atoms with Gasteiger partial charge < -0.3 is 16.4 Å². The van der Waals surface area contributed by atoms with E-state index in [1.54, 1.807) is 0 Å². The van der Waals surface area contributed by atoms with Gasteiger partial charge in [0.1, 0.15) is 5.82 Å². The fraction of sp³-hybridized carbons (Fsp3) is 0.333.